The fraction of sp³-hybridized carbons (Fsp3) is 0.0526. The minimum atomic E-state index is -4.56. The van der Waals surface area contributed by atoms with Gasteiger partial charge in [-0.1, -0.05) is 35.9 Å². The molecule has 1 heterocycles. The van der Waals surface area contributed by atoms with E-state index in [1.165, 1.54) is 30.5 Å². The van der Waals surface area contributed by atoms with Gasteiger partial charge < -0.3 is 5.32 Å². The van der Waals surface area contributed by atoms with Crippen LogP contribution in [0.3, 0.4) is 0 Å². The van der Waals surface area contributed by atoms with E-state index in [4.69, 9.17) is 11.6 Å². The highest BCUT2D eigenvalue weighted by molar-refractivity contribution is 6.33. The summed E-state index contributed by atoms with van der Waals surface area (Å²) in [5.41, 5.74) is -0.229. The molecule has 0 fully saturated rings. The van der Waals surface area contributed by atoms with Crippen molar-refractivity contribution in [3.05, 3.63) is 83.0 Å². The van der Waals surface area contributed by atoms with Crippen molar-refractivity contribution in [3.63, 3.8) is 0 Å². The Balaban J connectivity index is 1.93. The maximum Gasteiger partial charge on any atom is 0.418 e. The van der Waals surface area contributed by atoms with Crippen LogP contribution in [0, 0.1) is 0 Å². The molecule has 0 saturated carbocycles. The van der Waals surface area contributed by atoms with Crippen LogP contribution in [0.4, 0.5) is 18.9 Å². The number of rotatable bonds is 3. The highest BCUT2D eigenvalue weighted by Crippen LogP contribution is 2.38. The number of hydrogen-bond donors (Lipinski definition) is 1. The van der Waals surface area contributed by atoms with Crippen LogP contribution >= 0.6 is 11.6 Å². The van der Waals surface area contributed by atoms with Crippen LogP contribution in [0.2, 0.25) is 5.02 Å². The molecule has 1 N–H and O–H groups in total. The Morgan fingerprint density at radius 1 is 1.00 bits per heavy atom. The van der Waals surface area contributed by atoms with Gasteiger partial charge in [-0.25, -0.2) is 0 Å². The third kappa shape index (κ3) is 3.86. The molecular weight excluding hydrogens is 365 g/mol. The first-order valence-corrected chi connectivity index (χ1v) is 7.92. The first kappa shape index (κ1) is 17.9. The second-order valence-corrected chi connectivity index (χ2v) is 5.82. The van der Waals surface area contributed by atoms with Crippen molar-refractivity contribution in [1.82, 2.24) is 4.98 Å². The number of halogens is 4. The lowest BCUT2D eigenvalue weighted by molar-refractivity contribution is -0.137. The third-order valence-corrected chi connectivity index (χ3v) is 3.94. The van der Waals surface area contributed by atoms with Gasteiger partial charge in [0.2, 0.25) is 0 Å². The summed E-state index contributed by atoms with van der Waals surface area (Å²) < 4.78 is 39.5. The van der Waals surface area contributed by atoms with Gasteiger partial charge >= 0.3 is 6.18 Å². The molecule has 0 aliphatic rings. The van der Waals surface area contributed by atoms with E-state index < -0.39 is 17.6 Å². The normalized spacial score (nSPS) is 11.2. The summed E-state index contributed by atoms with van der Waals surface area (Å²) in [4.78, 5) is 16.1. The summed E-state index contributed by atoms with van der Waals surface area (Å²) in [6.45, 7) is 0. The molecule has 0 unspecified atom stereocenters. The zero-order valence-corrected chi connectivity index (χ0v) is 14.0. The van der Waals surface area contributed by atoms with Crippen molar-refractivity contribution in [1.29, 1.82) is 0 Å². The SMILES string of the molecule is O=C(Nc1ccccc1)c1ccc(-c2ncccc2C(F)(F)F)c(Cl)c1. The number of anilines is 1. The van der Waals surface area contributed by atoms with Crippen molar-refractivity contribution >= 4 is 23.2 Å². The molecule has 0 saturated heterocycles. The molecule has 1 aromatic heterocycles. The first-order chi connectivity index (χ1) is 12.4. The fourth-order valence-corrected chi connectivity index (χ4v) is 2.69. The molecule has 26 heavy (non-hydrogen) atoms. The molecular formula is C19H12ClF3N2O. The standard InChI is InChI=1S/C19H12ClF3N2O/c20-16-11-12(18(26)25-13-5-2-1-3-6-13)8-9-14(16)17-15(19(21,22)23)7-4-10-24-17/h1-11H,(H,25,26). The molecule has 3 aromatic rings. The van der Waals surface area contributed by atoms with Crippen LogP contribution in [0.1, 0.15) is 15.9 Å². The van der Waals surface area contributed by atoms with Crippen molar-refractivity contribution < 1.29 is 18.0 Å². The van der Waals surface area contributed by atoms with Crippen LogP contribution in [-0.4, -0.2) is 10.9 Å². The average Bonchev–Trinajstić information content (AvgIpc) is 2.62. The minimum Gasteiger partial charge on any atom is -0.322 e. The quantitative estimate of drug-likeness (QED) is 0.639. The average molecular weight is 377 g/mol. The Hall–Kier alpha value is -2.86. The van der Waals surface area contributed by atoms with Gasteiger partial charge in [0.05, 0.1) is 16.3 Å². The van der Waals surface area contributed by atoms with Gasteiger partial charge in [0.1, 0.15) is 0 Å². The number of nitrogens with one attached hydrogen (secondary N) is 1. The predicted molar refractivity (Wildman–Crippen MR) is 94.1 cm³/mol. The number of pyridine rings is 1. The third-order valence-electron chi connectivity index (χ3n) is 3.63. The monoisotopic (exact) mass is 376 g/mol. The number of nitrogens with zero attached hydrogens (tertiary/aromatic N) is 1. The van der Waals surface area contributed by atoms with E-state index in [-0.39, 0.29) is 21.8 Å². The molecule has 3 nitrogen and oxygen atoms in total. The number of aromatic nitrogens is 1. The smallest absolute Gasteiger partial charge is 0.322 e. The zero-order valence-electron chi connectivity index (χ0n) is 13.2. The topological polar surface area (TPSA) is 42.0 Å². The lowest BCUT2D eigenvalue weighted by Crippen LogP contribution is -2.12. The number of para-hydroxylation sites is 1. The molecule has 7 heteroatoms. The van der Waals surface area contributed by atoms with E-state index in [0.717, 1.165) is 6.07 Å². The number of carbonyl (C=O) groups excluding carboxylic acids is 1. The number of alkyl halides is 3. The summed E-state index contributed by atoms with van der Waals surface area (Å²) in [5.74, 6) is -0.415. The van der Waals surface area contributed by atoms with Crippen LogP contribution in [0.5, 0.6) is 0 Å². The maximum atomic E-state index is 13.2. The van der Waals surface area contributed by atoms with Gasteiger partial charge in [-0.05, 0) is 36.4 Å². The second kappa shape index (κ2) is 7.17. The van der Waals surface area contributed by atoms with E-state index in [1.807, 2.05) is 6.07 Å². The molecule has 0 spiro atoms. The summed E-state index contributed by atoms with van der Waals surface area (Å²) >= 11 is 6.15. The number of hydrogen-bond acceptors (Lipinski definition) is 2. The van der Waals surface area contributed by atoms with Crippen molar-refractivity contribution in [2.45, 2.75) is 6.18 Å². The fourth-order valence-electron chi connectivity index (χ4n) is 2.42. The van der Waals surface area contributed by atoms with Crippen molar-refractivity contribution in [2.24, 2.45) is 0 Å². The molecule has 3 rings (SSSR count). The molecule has 2 aromatic carbocycles. The Kier molecular flexibility index (Phi) is 4.95. The van der Waals surface area contributed by atoms with E-state index in [9.17, 15) is 18.0 Å². The van der Waals surface area contributed by atoms with Gasteiger partial charge in [0, 0.05) is 23.0 Å². The summed E-state index contributed by atoms with van der Waals surface area (Å²) in [6.07, 6.45) is -3.30. The lowest BCUT2D eigenvalue weighted by Gasteiger charge is -2.13. The molecule has 0 aliphatic heterocycles. The highest BCUT2D eigenvalue weighted by Gasteiger charge is 2.34. The lowest BCUT2D eigenvalue weighted by atomic mass is 10.0. The van der Waals surface area contributed by atoms with Gasteiger partial charge in [0.25, 0.3) is 5.91 Å². The number of benzene rings is 2. The van der Waals surface area contributed by atoms with Crippen molar-refractivity contribution in [2.75, 3.05) is 5.32 Å². The van der Waals surface area contributed by atoms with Gasteiger partial charge in [-0.15, -0.1) is 0 Å². The van der Waals surface area contributed by atoms with Gasteiger partial charge in [-0.2, -0.15) is 13.2 Å². The van der Waals surface area contributed by atoms with E-state index in [2.05, 4.69) is 10.3 Å². The predicted octanol–water partition coefficient (Wildman–Crippen LogP) is 5.67. The van der Waals surface area contributed by atoms with Crippen LogP contribution in [0.15, 0.2) is 66.9 Å². The molecule has 0 atom stereocenters. The minimum absolute atomic E-state index is 0.00918. The van der Waals surface area contributed by atoms with Gasteiger partial charge in [-0.3, -0.25) is 9.78 Å². The Morgan fingerprint density at radius 2 is 1.73 bits per heavy atom. The summed E-state index contributed by atoms with van der Waals surface area (Å²) in [5, 5.41) is 2.70. The molecule has 0 radical (unpaired) electrons. The zero-order chi connectivity index (χ0) is 18.7. The largest absolute Gasteiger partial charge is 0.418 e. The van der Waals surface area contributed by atoms with Crippen molar-refractivity contribution in [3.8, 4) is 11.3 Å². The van der Waals surface area contributed by atoms with Gasteiger partial charge in [0.15, 0.2) is 0 Å². The van der Waals surface area contributed by atoms with E-state index in [0.29, 0.717) is 5.69 Å². The molecule has 132 valence electrons. The number of carbonyl (C=O) groups is 1. The first-order valence-electron chi connectivity index (χ1n) is 7.55. The Morgan fingerprint density at radius 3 is 2.38 bits per heavy atom. The molecule has 0 aliphatic carbocycles. The van der Waals surface area contributed by atoms with E-state index >= 15 is 0 Å². The van der Waals surface area contributed by atoms with Crippen LogP contribution in [-0.2, 0) is 6.18 Å². The number of amides is 1. The summed E-state index contributed by atoms with van der Waals surface area (Å²) in [6, 6.07) is 15.0. The Bertz CT molecular complexity index is 943. The molecule has 0 bridgehead atoms. The summed E-state index contributed by atoms with van der Waals surface area (Å²) in [7, 11) is 0. The highest BCUT2D eigenvalue weighted by atomic mass is 35.5. The molecule has 1 amide bonds. The van der Waals surface area contributed by atoms with Crippen LogP contribution < -0.4 is 5.32 Å². The second-order valence-electron chi connectivity index (χ2n) is 5.41. The maximum absolute atomic E-state index is 13.2. The van der Waals surface area contributed by atoms with Crippen LogP contribution in [0.25, 0.3) is 11.3 Å². The Labute approximate surface area is 152 Å². The van der Waals surface area contributed by atoms with E-state index in [1.54, 1.807) is 24.3 Å².